The molecule has 1 aromatic heterocycles. The van der Waals surface area contributed by atoms with Gasteiger partial charge in [-0.1, -0.05) is 0 Å². The van der Waals surface area contributed by atoms with Crippen LogP contribution in [0.2, 0.25) is 0 Å². The van der Waals surface area contributed by atoms with Crippen molar-refractivity contribution >= 4 is 5.82 Å². The van der Waals surface area contributed by atoms with Crippen LogP contribution < -0.4 is 10.5 Å². The van der Waals surface area contributed by atoms with Gasteiger partial charge in [0.2, 0.25) is 5.88 Å². The molecule has 0 aliphatic heterocycles. The fourth-order valence-corrected chi connectivity index (χ4v) is 0.765. The topological polar surface area (TPSA) is 48.1 Å². The van der Waals surface area contributed by atoms with Gasteiger partial charge >= 0.3 is 0 Å². The third kappa shape index (κ3) is 1.61. The van der Waals surface area contributed by atoms with Gasteiger partial charge in [0.05, 0.1) is 12.7 Å². The molecule has 1 heterocycles. The number of hydrogen-bond donors (Lipinski definition) is 1. The van der Waals surface area contributed by atoms with Crippen LogP contribution in [0.1, 0.15) is 12.0 Å². The molecule has 3 nitrogen and oxygen atoms in total. The van der Waals surface area contributed by atoms with Crippen LogP contribution in [0.4, 0.5) is 14.6 Å². The molecule has 5 heteroatoms. The van der Waals surface area contributed by atoms with Gasteiger partial charge in [-0.15, -0.1) is 0 Å². The lowest BCUT2D eigenvalue weighted by Crippen LogP contribution is -1.99. The molecule has 2 N–H and O–H groups in total. The van der Waals surface area contributed by atoms with E-state index in [0.717, 1.165) is 0 Å². The van der Waals surface area contributed by atoms with Crippen LogP contribution in [-0.4, -0.2) is 12.1 Å². The number of pyridine rings is 1. The maximum Gasteiger partial charge on any atom is 0.267 e. The van der Waals surface area contributed by atoms with Crippen LogP contribution in [0.5, 0.6) is 5.88 Å². The number of alkyl halides is 2. The molecule has 0 aliphatic rings. The summed E-state index contributed by atoms with van der Waals surface area (Å²) in [6.45, 7) is 0. The molecular formula is C7H8F2N2O. The maximum absolute atomic E-state index is 12.1. The minimum atomic E-state index is -2.59. The number of hydrogen-bond acceptors (Lipinski definition) is 3. The minimum Gasteiger partial charge on any atom is -0.481 e. The number of methoxy groups -OCH3 is 1. The number of halogens is 2. The molecule has 0 radical (unpaired) electrons. The van der Waals surface area contributed by atoms with Gasteiger partial charge in [0.25, 0.3) is 6.43 Å². The lowest BCUT2D eigenvalue weighted by atomic mass is 10.2. The summed E-state index contributed by atoms with van der Waals surface area (Å²) >= 11 is 0. The molecule has 0 aromatic carbocycles. The van der Waals surface area contributed by atoms with Crippen molar-refractivity contribution in [1.82, 2.24) is 4.98 Å². The number of nitrogen functional groups attached to an aromatic ring is 1. The quantitative estimate of drug-likeness (QED) is 0.740. The molecule has 0 saturated heterocycles. The van der Waals surface area contributed by atoms with E-state index in [-0.39, 0.29) is 17.3 Å². The second kappa shape index (κ2) is 3.34. The summed E-state index contributed by atoms with van der Waals surface area (Å²) in [6.07, 6.45) is -2.59. The lowest BCUT2D eigenvalue weighted by molar-refractivity contribution is 0.152. The maximum atomic E-state index is 12.1. The standard InChI is InChI=1S/C7H8F2N2O/c1-12-5-3-2-4(6(8)9)7(10)11-5/h2-3,6H,1H3,(H2,10,11). The van der Waals surface area contributed by atoms with Crippen molar-refractivity contribution in [1.29, 1.82) is 0 Å². The second-order valence-corrected chi connectivity index (χ2v) is 2.13. The zero-order valence-electron chi connectivity index (χ0n) is 6.42. The molecule has 0 saturated carbocycles. The highest BCUT2D eigenvalue weighted by Crippen LogP contribution is 2.24. The van der Waals surface area contributed by atoms with E-state index in [4.69, 9.17) is 10.5 Å². The van der Waals surface area contributed by atoms with Crippen LogP contribution in [0.15, 0.2) is 12.1 Å². The van der Waals surface area contributed by atoms with Gasteiger partial charge < -0.3 is 10.5 Å². The number of nitrogens with two attached hydrogens (primary N) is 1. The molecule has 66 valence electrons. The predicted octanol–water partition coefficient (Wildman–Crippen LogP) is 1.61. The Bertz CT molecular complexity index is 278. The summed E-state index contributed by atoms with van der Waals surface area (Å²) in [5.74, 6) is 0.0428. The number of nitrogens with zero attached hydrogens (tertiary/aromatic N) is 1. The monoisotopic (exact) mass is 174 g/mol. The second-order valence-electron chi connectivity index (χ2n) is 2.13. The van der Waals surface area contributed by atoms with E-state index in [1.165, 1.54) is 19.2 Å². The van der Waals surface area contributed by atoms with Crippen LogP contribution in [0, 0.1) is 0 Å². The largest absolute Gasteiger partial charge is 0.481 e. The number of anilines is 1. The fourth-order valence-electron chi connectivity index (χ4n) is 0.765. The summed E-state index contributed by atoms with van der Waals surface area (Å²) in [7, 11) is 1.39. The first-order valence-corrected chi connectivity index (χ1v) is 3.23. The van der Waals surface area contributed by atoms with Gasteiger partial charge in [-0.2, -0.15) is 4.98 Å². The highest BCUT2D eigenvalue weighted by atomic mass is 19.3. The zero-order valence-corrected chi connectivity index (χ0v) is 6.42. The van der Waals surface area contributed by atoms with E-state index in [1.54, 1.807) is 0 Å². The average molecular weight is 174 g/mol. The van der Waals surface area contributed by atoms with E-state index >= 15 is 0 Å². The SMILES string of the molecule is COc1ccc(C(F)F)c(N)n1. The molecule has 0 unspecified atom stereocenters. The lowest BCUT2D eigenvalue weighted by Gasteiger charge is -2.04. The van der Waals surface area contributed by atoms with Crippen molar-refractivity contribution in [2.24, 2.45) is 0 Å². The van der Waals surface area contributed by atoms with Crippen LogP contribution >= 0.6 is 0 Å². The summed E-state index contributed by atoms with van der Waals surface area (Å²) < 4.78 is 28.9. The molecule has 0 amide bonds. The van der Waals surface area contributed by atoms with E-state index in [2.05, 4.69) is 4.98 Å². The zero-order chi connectivity index (χ0) is 9.14. The average Bonchev–Trinajstić information content (AvgIpc) is 2.03. The van der Waals surface area contributed by atoms with E-state index < -0.39 is 6.43 Å². The van der Waals surface area contributed by atoms with Gasteiger partial charge in [-0.05, 0) is 6.07 Å². The Morgan fingerprint density at radius 3 is 2.58 bits per heavy atom. The van der Waals surface area contributed by atoms with E-state index in [0.29, 0.717) is 0 Å². The third-order valence-electron chi connectivity index (χ3n) is 1.38. The summed E-state index contributed by atoms with van der Waals surface area (Å²) in [5.41, 5.74) is 4.96. The first-order chi connectivity index (χ1) is 5.65. The summed E-state index contributed by atoms with van der Waals surface area (Å²) in [5, 5.41) is 0. The number of ether oxygens (including phenoxy) is 1. The van der Waals surface area contributed by atoms with Gasteiger partial charge in [-0.3, -0.25) is 0 Å². The predicted molar refractivity (Wildman–Crippen MR) is 40.2 cm³/mol. The third-order valence-corrected chi connectivity index (χ3v) is 1.38. The van der Waals surface area contributed by atoms with Gasteiger partial charge in [0.1, 0.15) is 5.82 Å². The Hall–Kier alpha value is -1.39. The van der Waals surface area contributed by atoms with Crippen molar-refractivity contribution in [3.05, 3.63) is 17.7 Å². The Morgan fingerprint density at radius 1 is 1.50 bits per heavy atom. The highest BCUT2D eigenvalue weighted by Gasteiger charge is 2.12. The first kappa shape index (κ1) is 8.70. The first-order valence-electron chi connectivity index (χ1n) is 3.23. The molecule has 0 bridgehead atoms. The molecule has 0 aliphatic carbocycles. The van der Waals surface area contributed by atoms with Crippen molar-refractivity contribution in [2.45, 2.75) is 6.43 Å². The fraction of sp³-hybridized carbons (Fsp3) is 0.286. The number of aromatic nitrogens is 1. The van der Waals surface area contributed by atoms with Gasteiger partial charge in [0.15, 0.2) is 0 Å². The highest BCUT2D eigenvalue weighted by molar-refractivity contribution is 5.42. The minimum absolute atomic E-state index is 0.190. The van der Waals surface area contributed by atoms with Crippen molar-refractivity contribution < 1.29 is 13.5 Å². The molecule has 1 aromatic rings. The Morgan fingerprint density at radius 2 is 2.17 bits per heavy atom. The molecule has 0 fully saturated rings. The van der Waals surface area contributed by atoms with Crippen LogP contribution in [0.25, 0.3) is 0 Å². The van der Waals surface area contributed by atoms with Gasteiger partial charge in [0, 0.05) is 6.07 Å². The van der Waals surface area contributed by atoms with Crippen LogP contribution in [0.3, 0.4) is 0 Å². The van der Waals surface area contributed by atoms with Gasteiger partial charge in [-0.25, -0.2) is 8.78 Å². The van der Waals surface area contributed by atoms with E-state index in [1.807, 2.05) is 0 Å². The Labute approximate surface area is 68.2 Å². The van der Waals surface area contributed by atoms with E-state index in [9.17, 15) is 8.78 Å². The molecule has 0 spiro atoms. The Kier molecular flexibility index (Phi) is 2.42. The summed E-state index contributed by atoms with van der Waals surface area (Å²) in [6, 6.07) is 2.55. The molecular weight excluding hydrogens is 166 g/mol. The van der Waals surface area contributed by atoms with Crippen molar-refractivity contribution in [3.8, 4) is 5.88 Å². The van der Waals surface area contributed by atoms with Crippen LogP contribution in [-0.2, 0) is 0 Å². The normalized spacial score (nSPS) is 10.3. The van der Waals surface area contributed by atoms with Crippen molar-refractivity contribution in [3.63, 3.8) is 0 Å². The molecule has 12 heavy (non-hydrogen) atoms. The Balaban J connectivity index is 3.03. The molecule has 0 atom stereocenters. The number of rotatable bonds is 2. The van der Waals surface area contributed by atoms with Crippen molar-refractivity contribution in [2.75, 3.05) is 12.8 Å². The smallest absolute Gasteiger partial charge is 0.267 e. The summed E-state index contributed by atoms with van der Waals surface area (Å²) in [4.78, 5) is 3.59. The molecule has 1 rings (SSSR count).